The van der Waals surface area contributed by atoms with Crippen molar-refractivity contribution in [3.63, 3.8) is 0 Å². The van der Waals surface area contributed by atoms with Crippen molar-refractivity contribution < 1.29 is 19.1 Å². The SMILES string of the molecule is Cc1c(C)n(CC2CC2)c2c(NCc3ccc(F)cc3)cc(C(=O)N3CCN(CC(=O)O)CC3)cc12. The lowest BCUT2D eigenvalue weighted by molar-refractivity contribution is -0.138. The van der Waals surface area contributed by atoms with Gasteiger partial charge in [-0.1, -0.05) is 12.1 Å². The summed E-state index contributed by atoms with van der Waals surface area (Å²) in [5.41, 5.74) is 6.00. The van der Waals surface area contributed by atoms with E-state index in [2.05, 4.69) is 23.7 Å². The molecule has 1 aliphatic heterocycles. The van der Waals surface area contributed by atoms with Crippen LogP contribution >= 0.6 is 0 Å². The Kier molecular flexibility index (Phi) is 6.71. The molecule has 2 fully saturated rings. The lowest BCUT2D eigenvalue weighted by atomic mass is 10.1. The van der Waals surface area contributed by atoms with Gasteiger partial charge < -0.3 is 19.9 Å². The third kappa shape index (κ3) is 5.09. The second-order valence-electron chi connectivity index (χ2n) is 10.1. The highest BCUT2D eigenvalue weighted by molar-refractivity contribution is 6.04. The van der Waals surface area contributed by atoms with E-state index in [-0.39, 0.29) is 18.3 Å². The summed E-state index contributed by atoms with van der Waals surface area (Å²) in [7, 11) is 0. The van der Waals surface area contributed by atoms with Crippen LogP contribution < -0.4 is 5.32 Å². The van der Waals surface area contributed by atoms with Crippen LogP contribution in [0.25, 0.3) is 10.9 Å². The minimum absolute atomic E-state index is 0.00156. The monoisotopic (exact) mass is 492 g/mol. The molecule has 3 aromatic rings. The van der Waals surface area contributed by atoms with Gasteiger partial charge >= 0.3 is 5.97 Å². The van der Waals surface area contributed by atoms with Gasteiger partial charge in [-0.3, -0.25) is 14.5 Å². The van der Waals surface area contributed by atoms with Crippen LogP contribution in [0, 0.1) is 25.6 Å². The molecule has 2 aromatic carbocycles. The number of hydrogen-bond acceptors (Lipinski definition) is 4. The number of carbonyl (C=O) groups is 2. The Labute approximate surface area is 210 Å². The van der Waals surface area contributed by atoms with E-state index in [1.165, 1.54) is 36.2 Å². The van der Waals surface area contributed by atoms with Gasteiger partial charge in [0, 0.05) is 55.9 Å². The quantitative estimate of drug-likeness (QED) is 0.491. The molecule has 190 valence electrons. The van der Waals surface area contributed by atoms with Gasteiger partial charge in [-0.25, -0.2) is 4.39 Å². The zero-order valence-electron chi connectivity index (χ0n) is 20.9. The fourth-order valence-corrected chi connectivity index (χ4v) is 5.10. The van der Waals surface area contributed by atoms with Gasteiger partial charge in [0.25, 0.3) is 5.91 Å². The Hall–Kier alpha value is -3.39. The van der Waals surface area contributed by atoms with Crippen LogP contribution in [0.15, 0.2) is 36.4 Å². The summed E-state index contributed by atoms with van der Waals surface area (Å²) in [6.45, 7) is 7.85. The van der Waals surface area contributed by atoms with Crippen LogP contribution in [0.2, 0.25) is 0 Å². The van der Waals surface area contributed by atoms with Gasteiger partial charge in [-0.05, 0) is 68.0 Å². The maximum atomic E-state index is 13.5. The Bertz CT molecular complexity index is 1290. The molecule has 2 aliphatic rings. The molecule has 7 nitrogen and oxygen atoms in total. The van der Waals surface area contributed by atoms with Crippen LogP contribution in [-0.2, 0) is 17.9 Å². The van der Waals surface area contributed by atoms with Crippen molar-refractivity contribution in [3.05, 3.63) is 64.6 Å². The first-order chi connectivity index (χ1) is 17.3. The second-order valence-corrected chi connectivity index (χ2v) is 10.1. The zero-order chi connectivity index (χ0) is 25.4. The Morgan fingerprint density at radius 1 is 1.06 bits per heavy atom. The van der Waals surface area contributed by atoms with Crippen LogP contribution in [0.3, 0.4) is 0 Å². The van der Waals surface area contributed by atoms with Crippen molar-refractivity contribution in [2.75, 3.05) is 38.0 Å². The molecule has 2 heterocycles. The van der Waals surface area contributed by atoms with Gasteiger partial charge in [0.05, 0.1) is 17.7 Å². The Morgan fingerprint density at radius 2 is 1.75 bits per heavy atom. The van der Waals surface area contributed by atoms with Crippen molar-refractivity contribution in [2.24, 2.45) is 5.92 Å². The first-order valence-corrected chi connectivity index (χ1v) is 12.7. The number of amides is 1. The van der Waals surface area contributed by atoms with E-state index >= 15 is 0 Å². The average molecular weight is 493 g/mol. The van der Waals surface area contributed by atoms with Crippen molar-refractivity contribution in [2.45, 2.75) is 39.8 Å². The topological polar surface area (TPSA) is 77.8 Å². The van der Waals surface area contributed by atoms with Crippen LogP contribution in [0.1, 0.15) is 40.0 Å². The molecule has 1 saturated carbocycles. The number of aryl methyl sites for hydroxylation is 1. The number of carboxylic acid groups (broad SMARTS) is 1. The lowest BCUT2D eigenvalue weighted by Crippen LogP contribution is -2.49. The highest BCUT2D eigenvalue weighted by Crippen LogP contribution is 2.38. The standard InChI is InChI=1S/C28H33FN4O3/c1-18-19(2)33(16-21-3-4-21)27-24(18)13-22(14-25(27)30-15-20-5-7-23(29)8-6-20)28(36)32-11-9-31(10-12-32)17-26(34)35/h5-8,13-14,21,30H,3-4,9-12,15-17H2,1-2H3,(H,34,35). The average Bonchev–Trinajstić information content (AvgIpc) is 3.66. The number of hydrogen-bond donors (Lipinski definition) is 2. The molecule has 0 bridgehead atoms. The lowest BCUT2D eigenvalue weighted by Gasteiger charge is -2.34. The summed E-state index contributed by atoms with van der Waals surface area (Å²) in [5, 5.41) is 13.7. The summed E-state index contributed by atoms with van der Waals surface area (Å²) in [5.74, 6) is -0.448. The largest absolute Gasteiger partial charge is 0.480 e. The summed E-state index contributed by atoms with van der Waals surface area (Å²) in [6.07, 6.45) is 2.50. The summed E-state index contributed by atoms with van der Waals surface area (Å²) in [4.78, 5) is 28.2. The normalized spacial score (nSPS) is 16.5. The van der Waals surface area contributed by atoms with Gasteiger partial charge in [0.1, 0.15) is 5.82 Å². The Morgan fingerprint density at radius 3 is 2.39 bits per heavy atom. The first-order valence-electron chi connectivity index (χ1n) is 12.7. The fourth-order valence-electron chi connectivity index (χ4n) is 5.10. The van der Waals surface area contributed by atoms with Crippen molar-refractivity contribution in [3.8, 4) is 0 Å². The van der Waals surface area contributed by atoms with Gasteiger partial charge in [0.15, 0.2) is 0 Å². The van der Waals surface area contributed by atoms with Gasteiger partial charge in [0.2, 0.25) is 0 Å². The first kappa shape index (κ1) is 24.3. The Balaban J connectivity index is 1.46. The van der Waals surface area contributed by atoms with Gasteiger partial charge in [-0.15, -0.1) is 0 Å². The minimum Gasteiger partial charge on any atom is -0.480 e. The predicted molar refractivity (Wildman–Crippen MR) is 138 cm³/mol. The van der Waals surface area contributed by atoms with Crippen molar-refractivity contribution in [1.29, 1.82) is 0 Å². The smallest absolute Gasteiger partial charge is 0.317 e. The van der Waals surface area contributed by atoms with Gasteiger partial charge in [-0.2, -0.15) is 0 Å². The summed E-state index contributed by atoms with van der Waals surface area (Å²) < 4.78 is 15.8. The number of aliphatic carboxylic acids is 1. The number of anilines is 1. The number of carboxylic acids is 1. The molecule has 8 heteroatoms. The molecular formula is C28H33FN4O3. The number of aromatic nitrogens is 1. The molecule has 2 N–H and O–H groups in total. The molecule has 5 rings (SSSR count). The predicted octanol–water partition coefficient (Wildman–Crippen LogP) is 4.26. The molecular weight excluding hydrogens is 459 g/mol. The number of nitrogens with zero attached hydrogens (tertiary/aromatic N) is 3. The number of halogens is 1. The van der Waals surface area contributed by atoms with E-state index < -0.39 is 5.97 Å². The zero-order valence-corrected chi connectivity index (χ0v) is 20.9. The molecule has 0 spiro atoms. The molecule has 0 radical (unpaired) electrons. The fraction of sp³-hybridized carbons (Fsp3) is 0.429. The highest BCUT2D eigenvalue weighted by Gasteiger charge is 2.27. The van der Waals surface area contributed by atoms with Crippen molar-refractivity contribution in [1.82, 2.24) is 14.4 Å². The van der Waals surface area contributed by atoms with E-state index in [0.29, 0.717) is 44.2 Å². The van der Waals surface area contributed by atoms with Crippen molar-refractivity contribution >= 4 is 28.5 Å². The van der Waals surface area contributed by atoms with E-state index in [0.717, 1.165) is 28.7 Å². The molecule has 1 aromatic heterocycles. The van der Waals surface area contributed by atoms with E-state index in [1.807, 2.05) is 21.9 Å². The molecule has 36 heavy (non-hydrogen) atoms. The molecule has 1 aliphatic carbocycles. The van der Waals surface area contributed by atoms with Crippen LogP contribution in [0.5, 0.6) is 0 Å². The molecule has 1 saturated heterocycles. The number of benzene rings is 2. The third-order valence-electron chi connectivity index (χ3n) is 7.53. The summed E-state index contributed by atoms with van der Waals surface area (Å²) in [6, 6.07) is 10.4. The maximum absolute atomic E-state index is 13.5. The van der Waals surface area contributed by atoms with Crippen LogP contribution in [-0.4, -0.2) is 64.1 Å². The highest BCUT2D eigenvalue weighted by atomic mass is 19.1. The number of rotatable bonds is 8. The molecule has 0 unspecified atom stereocenters. The molecule has 0 atom stereocenters. The summed E-state index contributed by atoms with van der Waals surface area (Å²) >= 11 is 0. The number of nitrogens with one attached hydrogen (secondary N) is 1. The number of piperazine rings is 1. The van der Waals surface area contributed by atoms with E-state index in [1.54, 1.807) is 12.1 Å². The maximum Gasteiger partial charge on any atom is 0.317 e. The number of fused-ring (bicyclic) bond motifs is 1. The number of carbonyl (C=O) groups excluding carboxylic acids is 1. The third-order valence-corrected chi connectivity index (χ3v) is 7.53. The van der Waals surface area contributed by atoms with E-state index in [4.69, 9.17) is 5.11 Å². The van der Waals surface area contributed by atoms with E-state index in [9.17, 15) is 14.0 Å². The second kappa shape index (κ2) is 9.93. The molecule has 1 amide bonds. The minimum atomic E-state index is -0.848. The van der Waals surface area contributed by atoms with Crippen LogP contribution in [0.4, 0.5) is 10.1 Å².